The van der Waals surface area contributed by atoms with Crippen LogP contribution in [0.4, 0.5) is 17.6 Å². The van der Waals surface area contributed by atoms with Gasteiger partial charge < -0.3 is 0 Å². The fraction of sp³-hybridized carbons (Fsp3) is 1.00. The summed E-state index contributed by atoms with van der Waals surface area (Å²) in [5.74, 6) is -5.02. The van der Waals surface area contributed by atoms with Gasteiger partial charge in [-0.25, -0.2) is 0 Å². The van der Waals surface area contributed by atoms with Crippen LogP contribution in [-0.4, -0.2) is 24.1 Å². The van der Waals surface area contributed by atoms with E-state index in [9.17, 15) is 17.6 Å². The predicted octanol–water partition coefficient (Wildman–Crippen LogP) is 6.10. The lowest BCUT2D eigenvalue weighted by molar-refractivity contribution is -0.278. The maximum Gasteiger partial charge on any atom is 0.366 e. The SMILES string of the molecule is FC(Cl)(OC(F)(Cl)C(F)(F)C(Cl)(Cl)Cl)C(Cl)(Cl)Cl. The minimum atomic E-state index is -5.02. The molecule has 2 unspecified atom stereocenters. The lowest BCUT2D eigenvalue weighted by atomic mass is 10.4. The van der Waals surface area contributed by atoms with Crippen molar-refractivity contribution in [2.45, 2.75) is 24.1 Å². The van der Waals surface area contributed by atoms with Gasteiger partial charge in [0.15, 0.2) is 0 Å². The van der Waals surface area contributed by atoms with Crippen LogP contribution in [0.25, 0.3) is 0 Å². The van der Waals surface area contributed by atoms with Crippen LogP contribution < -0.4 is 0 Å². The van der Waals surface area contributed by atoms with Crippen molar-refractivity contribution in [1.29, 1.82) is 0 Å². The van der Waals surface area contributed by atoms with Gasteiger partial charge in [0.2, 0.25) is 0 Å². The van der Waals surface area contributed by atoms with E-state index >= 15 is 0 Å². The Morgan fingerprint density at radius 1 is 0.556 bits per heavy atom. The molecule has 13 heteroatoms. The maximum atomic E-state index is 13.4. The Bertz CT molecular complexity index is 308. The molecule has 0 aliphatic heterocycles. The summed E-state index contributed by atoms with van der Waals surface area (Å²) < 4.78 is 49.9. The highest BCUT2D eigenvalue weighted by Gasteiger charge is 2.71. The van der Waals surface area contributed by atoms with E-state index in [0.717, 1.165) is 0 Å². The molecule has 0 aliphatic carbocycles. The number of halogens is 12. The van der Waals surface area contributed by atoms with Crippen LogP contribution in [0.5, 0.6) is 0 Å². The first-order valence-electron chi connectivity index (χ1n) is 3.43. The van der Waals surface area contributed by atoms with Crippen molar-refractivity contribution in [2.24, 2.45) is 0 Å². The van der Waals surface area contributed by atoms with Crippen molar-refractivity contribution in [3.63, 3.8) is 0 Å². The van der Waals surface area contributed by atoms with Crippen molar-refractivity contribution in [1.82, 2.24) is 0 Å². The Hall–Kier alpha value is 2.00. The third kappa shape index (κ3) is 4.25. The molecular weight excluding hydrogens is 436 g/mol. The number of ether oxygens (including phenoxy) is 1. The predicted molar refractivity (Wildman–Crippen MR) is 66.0 cm³/mol. The van der Waals surface area contributed by atoms with Gasteiger partial charge in [-0.1, -0.05) is 69.6 Å². The second-order valence-corrected chi connectivity index (χ2v) is 8.24. The van der Waals surface area contributed by atoms with Gasteiger partial charge >= 0.3 is 16.6 Å². The van der Waals surface area contributed by atoms with Crippen LogP contribution in [0.1, 0.15) is 0 Å². The van der Waals surface area contributed by atoms with E-state index in [-0.39, 0.29) is 0 Å². The first-order chi connectivity index (χ1) is 7.46. The fourth-order valence-corrected chi connectivity index (χ4v) is 1.47. The lowest BCUT2D eigenvalue weighted by Crippen LogP contribution is -2.55. The smallest absolute Gasteiger partial charge is 0.275 e. The third-order valence-corrected chi connectivity index (χ3v) is 3.71. The lowest BCUT2D eigenvalue weighted by Gasteiger charge is -2.36. The van der Waals surface area contributed by atoms with Gasteiger partial charge in [-0.2, -0.15) is 17.6 Å². The summed E-state index contributed by atoms with van der Waals surface area (Å²) in [7, 11) is 0. The zero-order valence-electron chi connectivity index (χ0n) is 7.44. The van der Waals surface area contributed by atoms with Gasteiger partial charge in [-0.3, -0.25) is 4.74 Å². The zero-order valence-corrected chi connectivity index (χ0v) is 13.5. The first-order valence-corrected chi connectivity index (χ1v) is 6.45. The molecule has 0 aromatic heterocycles. The van der Waals surface area contributed by atoms with Crippen LogP contribution in [0.2, 0.25) is 0 Å². The number of hydrogen-bond acceptors (Lipinski definition) is 1. The zero-order chi connectivity index (χ0) is 15.2. The van der Waals surface area contributed by atoms with Crippen LogP contribution in [0.15, 0.2) is 0 Å². The highest BCUT2D eigenvalue weighted by Crippen LogP contribution is 2.56. The summed E-state index contributed by atoms with van der Waals surface area (Å²) >= 11 is 38.5. The third-order valence-electron chi connectivity index (χ3n) is 1.31. The molecule has 0 N–H and O–H groups in total. The molecule has 1 nitrogen and oxygen atoms in total. The molecule has 0 rings (SSSR count). The van der Waals surface area contributed by atoms with E-state index < -0.39 is 24.1 Å². The standard InChI is InChI=1S/C5Cl8F4O/c6-2(7,8)1(14,15)4(12,16)18-5(13,17)3(9,10)11. The van der Waals surface area contributed by atoms with Crippen molar-refractivity contribution in [3.8, 4) is 0 Å². The molecular formula is C5Cl8F4O. The Morgan fingerprint density at radius 3 is 1.11 bits per heavy atom. The van der Waals surface area contributed by atoms with Crippen LogP contribution in [0.3, 0.4) is 0 Å². The molecule has 0 aromatic carbocycles. The highest BCUT2D eigenvalue weighted by atomic mass is 35.6. The molecule has 0 amide bonds. The summed E-state index contributed by atoms with van der Waals surface area (Å²) in [6.07, 6.45) is 0. The van der Waals surface area contributed by atoms with Crippen molar-refractivity contribution in [2.75, 3.05) is 0 Å². The molecule has 0 radical (unpaired) electrons. The van der Waals surface area contributed by atoms with Gasteiger partial charge in [-0.15, -0.1) is 0 Å². The quantitative estimate of drug-likeness (QED) is 0.384. The van der Waals surface area contributed by atoms with Gasteiger partial charge in [0.1, 0.15) is 0 Å². The summed E-state index contributed by atoms with van der Waals surface area (Å²) in [5.41, 5.74) is 0. The van der Waals surface area contributed by atoms with Crippen LogP contribution in [-0.2, 0) is 4.74 Å². The van der Waals surface area contributed by atoms with Crippen LogP contribution >= 0.6 is 92.8 Å². The van der Waals surface area contributed by atoms with E-state index in [0.29, 0.717) is 0 Å². The molecule has 0 saturated carbocycles. The molecule has 18 heavy (non-hydrogen) atoms. The summed E-state index contributed by atoms with van der Waals surface area (Å²) in [6, 6.07) is 0. The Morgan fingerprint density at radius 2 is 0.889 bits per heavy atom. The highest BCUT2D eigenvalue weighted by molar-refractivity contribution is 6.70. The molecule has 0 aliphatic rings. The number of hydrogen-bond donors (Lipinski definition) is 0. The average molecular weight is 436 g/mol. The average Bonchev–Trinajstić information content (AvgIpc) is 1.96. The molecule has 2 atom stereocenters. The Labute approximate surface area is 138 Å². The van der Waals surface area contributed by atoms with Crippen LogP contribution in [0, 0.1) is 0 Å². The molecule has 110 valence electrons. The van der Waals surface area contributed by atoms with Crippen molar-refractivity contribution < 1.29 is 22.3 Å². The first kappa shape index (κ1) is 20.0. The van der Waals surface area contributed by atoms with E-state index in [2.05, 4.69) is 16.3 Å². The number of alkyl halides is 12. The second-order valence-electron chi connectivity index (χ2n) is 2.71. The molecule has 0 spiro atoms. The molecule has 0 heterocycles. The molecule has 0 aromatic rings. The largest absolute Gasteiger partial charge is 0.366 e. The monoisotopic (exact) mass is 432 g/mol. The van der Waals surface area contributed by atoms with Gasteiger partial charge in [0.25, 0.3) is 7.59 Å². The Kier molecular flexibility index (Phi) is 6.28. The topological polar surface area (TPSA) is 9.23 Å². The van der Waals surface area contributed by atoms with Gasteiger partial charge in [-0.05, 0) is 23.2 Å². The molecule has 0 bridgehead atoms. The van der Waals surface area contributed by atoms with Gasteiger partial charge in [0, 0.05) is 0 Å². The minimum absolute atomic E-state index is 3.15. The van der Waals surface area contributed by atoms with E-state index in [4.69, 9.17) is 81.2 Å². The molecule has 0 fully saturated rings. The number of rotatable bonds is 3. The normalized spacial score (nSPS) is 21.3. The second kappa shape index (κ2) is 5.65. The van der Waals surface area contributed by atoms with Crippen molar-refractivity contribution in [3.05, 3.63) is 0 Å². The molecule has 0 saturated heterocycles. The van der Waals surface area contributed by atoms with E-state index in [1.807, 2.05) is 0 Å². The van der Waals surface area contributed by atoms with E-state index in [1.165, 1.54) is 0 Å². The Balaban J connectivity index is 5.33. The summed E-state index contributed by atoms with van der Waals surface area (Å²) in [4.78, 5) is 0. The minimum Gasteiger partial charge on any atom is -0.275 e. The maximum absolute atomic E-state index is 13.4. The van der Waals surface area contributed by atoms with Crippen molar-refractivity contribution >= 4 is 92.8 Å². The fourth-order valence-electron chi connectivity index (χ4n) is 0.448. The summed E-state index contributed by atoms with van der Waals surface area (Å²) in [5, 5.41) is -8.74. The van der Waals surface area contributed by atoms with E-state index in [1.54, 1.807) is 0 Å². The summed E-state index contributed by atoms with van der Waals surface area (Å²) in [6.45, 7) is 0. The van der Waals surface area contributed by atoms with Gasteiger partial charge in [0.05, 0.1) is 0 Å².